The van der Waals surface area contributed by atoms with Gasteiger partial charge in [0.2, 0.25) is 0 Å². The molecule has 5 heteroatoms. The minimum Gasteiger partial charge on any atom is -0.369 e. The van der Waals surface area contributed by atoms with E-state index in [4.69, 9.17) is 17.3 Å². The molecule has 2 aromatic rings. The van der Waals surface area contributed by atoms with E-state index in [0.717, 1.165) is 5.56 Å². The van der Waals surface area contributed by atoms with Crippen LogP contribution in [0.1, 0.15) is 0 Å². The molecule has 12 heavy (non-hydrogen) atoms. The molecule has 0 radical (unpaired) electrons. The topological polar surface area (TPSA) is 70.5 Å². The third kappa shape index (κ3) is 1.06. The Hall–Kier alpha value is -1.42. The van der Waals surface area contributed by atoms with Gasteiger partial charge in [-0.25, -0.2) is 4.98 Å². The lowest BCUT2D eigenvalue weighted by Crippen LogP contribution is -1.84. The second-order valence-electron chi connectivity index (χ2n) is 2.38. The van der Waals surface area contributed by atoms with Crippen LogP contribution >= 0.6 is 11.6 Å². The number of anilines is 1. The maximum Gasteiger partial charge on any atom is 0.199 e. The summed E-state index contributed by atoms with van der Waals surface area (Å²) in [6.07, 6.45) is 3.61. The van der Waals surface area contributed by atoms with Crippen LogP contribution in [0.15, 0.2) is 18.5 Å². The molecule has 0 aliphatic rings. The van der Waals surface area contributed by atoms with Crippen LogP contribution in [0.25, 0.3) is 11.3 Å². The minimum absolute atomic E-state index is 0.330. The van der Waals surface area contributed by atoms with Crippen molar-refractivity contribution in [2.75, 3.05) is 5.73 Å². The number of hydrogen-bond acceptors (Lipinski definition) is 2. The predicted octanol–water partition coefficient (Wildman–Crippen LogP) is 1.64. The average Bonchev–Trinajstić information content (AvgIpc) is 2.58. The highest BCUT2D eigenvalue weighted by atomic mass is 35.5. The second kappa shape index (κ2) is 2.57. The number of aromatic amines is 2. The van der Waals surface area contributed by atoms with Crippen molar-refractivity contribution >= 4 is 17.5 Å². The van der Waals surface area contributed by atoms with Crippen molar-refractivity contribution in [3.8, 4) is 11.3 Å². The van der Waals surface area contributed by atoms with Crippen molar-refractivity contribution in [2.24, 2.45) is 0 Å². The lowest BCUT2D eigenvalue weighted by molar-refractivity contribution is 1.32. The monoisotopic (exact) mass is 182 g/mol. The summed E-state index contributed by atoms with van der Waals surface area (Å²) in [5, 5.41) is 0.465. The average molecular weight is 183 g/mol. The van der Waals surface area contributed by atoms with Crippen LogP contribution in [-0.4, -0.2) is 15.0 Å². The summed E-state index contributed by atoms with van der Waals surface area (Å²) in [4.78, 5) is 9.65. The largest absolute Gasteiger partial charge is 0.369 e. The van der Waals surface area contributed by atoms with E-state index in [1.165, 1.54) is 0 Å². The first-order valence-corrected chi connectivity index (χ1v) is 3.79. The molecule has 0 aliphatic carbocycles. The lowest BCUT2D eigenvalue weighted by Gasteiger charge is -1.88. The van der Waals surface area contributed by atoms with Crippen molar-refractivity contribution in [1.29, 1.82) is 0 Å². The zero-order chi connectivity index (χ0) is 8.55. The Morgan fingerprint density at radius 3 is 2.83 bits per heavy atom. The van der Waals surface area contributed by atoms with Gasteiger partial charge >= 0.3 is 0 Å². The van der Waals surface area contributed by atoms with E-state index in [-0.39, 0.29) is 0 Å². The smallest absolute Gasteiger partial charge is 0.199 e. The van der Waals surface area contributed by atoms with E-state index in [1.54, 1.807) is 6.20 Å². The fourth-order valence-electron chi connectivity index (χ4n) is 1.03. The summed E-state index contributed by atoms with van der Waals surface area (Å²) in [6, 6.07) is 1.88. The molecule has 2 rings (SSSR count). The fourth-order valence-corrected chi connectivity index (χ4v) is 1.28. The van der Waals surface area contributed by atoms with Gasteiger partial charge in [0.15, 0.2) is 5.95 Å². The quantitative estimate of drug-likeness (QED) is 0.628. The number of imidazole rings is 1. The van der Waals surface area contributed by atoms with Gasteiger partial charge in [0.1, 0.15) is 10.8 Å². The number of nitrogens with two attached hydrogens (primary N) is 1. The standard InChI is InChI=1S/C7H7ClN4/c8-6-5(11-7(9)12-6)4-1-2-10-3-4/h1-3,10H,(H3,9,11,12). The highest BCUT2D eigenvalue weighted by Crippen LogP contribution is 2.25. The summed E-state index contributed by atoms with van der Waals surface area (Å²) in [7, 11) is 0. The van der Waals surface area contributed by atoms with Gasteiger partial charge in [0.05, 0.1) is 0 Å². The molecule has 0 saturated heterocycles. The number of hydrogen-bond donors (Lipinski definition) is 3. The van der Waals surface area contributed by atoms with Crippen LogP contribution < -0.4 is 5.73 Å². The van der Waals surface area contributed by atoms with Crippen molar-refractivity contribution in [1.82, 2.24) is 15.0 Å². The van der Waals surface area contributed by atoms with Gasteiger partial charge in [-0.1, -0.05) is 11.6 Å². The van der Waals surface area contributed by atoms with E-state index in [9.17, 15) is 0 Å². The Bertz CT molecular complexity index is 376. The highest BCUT2D eigenvalue weighted by Gasteiger charge is 2.08. The van der Waals surface area contributed by atoms with Crippen LogP contribution in [0, 0.1) is 0 Å². The fraction of sp³-hybridized carbons (Fsp3) is 0. The summed E-state index contributed by atoms with van der Waals surface area (Å²) in [6.45, 7) is 0. The van der Waals surface area contributed by atoms with E-state index in [1.807, 2.05) is 12.3 Å². The molecule has 0 fully saturated rings. The van der Waals surface area contributed by atoms with E-state index < -0.39 is 0 Å². The molecular formula is C7H7ClN4. The van der Waals surface area contributed by atoms with E-state index in [0.29, 0.717) is 16.8 Å². The molecule has 2 aromatic heterocycles. The van der Waals surface area contributed by atoms with Gasteiger partial charge in [-0.05, 0) is 6.07 Å². The molecule has 0 bridgehead atoms. The summed E-state index contributed by atoms with van der Waals surface area (Å²) in [5.74, 6) is 0.330. The summed E-state index contributed by atoms with van der Waals surface area (Å²) >= 11 is 5.82. The van der Waals surface area contributed by atoms with E-state index >= 15 is 0 Å². The number of nitrogens with zero attached hydrogens (tertiary/aromatic N) is 1. The number of aromatic nitrogens is 3. The Morgan fingerprint density at radius 1 is 1.50 bits per heavy atom. The molecule has 0 saturated carbocycles. The Morgan fingerprint density at radius 2 is 2.33 bits per heavy atom. The molecule has 2 heterocycles. The van der Waals surface area contributed by atoms with Gasteiger partial charge in [0, 0.05) is 18.0 Å². The van der Waals surface area contributed by atoms with Crippen LogP contribution in [0.2, 0.25) is 5.15 Å². The second-order valence-corrected chi connectivity index (χ2v) is 2.76. The number of nitrogen functional groups attached to an aromatic ring is 1. The van der Waals surface area contributed by atoms with Gasteiger partial charge in [-0.2, -0.15) is 0 Å². The highest BCUT2D eigenvalue weighted by molar-refractivity contribution is 6.32. The van der Waals surface area contributed by atoms with Crippen LogP contribution in [0.3, 0.4) is 0 Å². The maximum absolute atomic E-state index is 5.82. The third-order valence-electron chi connectivity index (χ3n) is 1.55. The molecule has 4 N–H and O–H groups in total. The zero-order valence-corrected chi connectivity index (χ0v) is 6.89. The summed E-state index contributed by atoms with van der Waals surface area (Å²) in [5.41, 5.74) is 7.02. The third-order valence-corrected chi connectivity index (χ3v) is 1.82. The SMILES string of the molecule is Nc1nc(-c2cc[nH]c2)c(Cl)[nH]1. The van der Waals surface area contributed by atoms with Crippen LogP contribution in [0.4, 0.5) is 5.95 Å². The van der Waals surface area contributed by atoms with Gasteiger partial charge < -0.3 is 15.7 Å². The van der Waals surface area contributed by atoms with Crippen LogP contribution in [0.5, 0.6) is 0 Å². The molecule has 4 nitrogen and oxygen atoms in total. The Labute approximate surface area is 73.8 Å². The van der Waals surface area contributed by atoms with Crippen molar-refractivity contribution < 1.29 is 0 Å². The van der Waals surface area contributed by atoms with Crippen molar-refractivity contribution in [3.05, 3.63) is 23.6 Å². The molecule has 0 unspecified atom stereocenters. The predicted molar refractivity (Wildman–Crippen MR) is 47.8 cm³/mol. The molecule has 0 aliphatic heterocycles. The number of nitrogens with one attached hydrogen (secondary N) is 2. The van der Waals surface area contributed by atoms with Gasteiger partial charge in [-0.15, -0.1) is 0 Å². The molecule has 0 spiro atoms. The first-order valence-electron chi connectivity index (χ1n) is 3.41. The van der Waals surface area contributed by atoms with Gasteiger partial charge in [-0.3, -0.25) is 0 Å². The van der Waals surface area contributed by atoms with Crippen molar-refractivity contribution in [2.45, 2.75) is 0 Å². The molecule has 0 aromatic carbocycles. The Kier molecular flexibility index (Phi) is 1.55. The number of halogens is 1. The first-order chi connectivity index (χ1) is 5.77. The molecule has 0 atom stereocenters. The minimum atomic E-state index is 0.330. The molecule has 0 amide bonds. The maximum atomic E-state index is 5.82. The van der Waals surface area contributed by atoms with Gasteiger partial charge in [0.25, 0.3) is 0 Å². The van der Waals surface area contributed by atoms with E-state index in [2.05, 4.69) is 15.0 Å². The normalized spacial score (nSPS) is 10.4. The van der Waals surface area contributed by atoms with Crippen molar-refractivity contribution in [3.63, 3.8) is 0 Å². The Balaban J connectivity index is 2.54. The zero-order valence-electron chi connectivity index (χ0n) is 6.13. The summed E-state index contributed by atoms with van der Waals surface area (Å²) < 4.78 is 0. The van der Waals surface area contributed by atoms with Crippen LogP contribution in [-0.2, 0) is 0 Å². The molecule has 62 valence electrons. The molecular weight excluding hydrogens is 176 g/mol. The lowest BCUT2D eigenvalue weighted by atomic mass is 10.3. The number of rotatable bonds is 1. The number of H-pyrrole nitrogens is 2. The first kappa shape index (κ1) is 7.24.